The van der Waals surface area contributed by atoms with Gasteiger partial charge in [-0.25, -0.2) is 0 Å². The number of hydrogen-bond acceptors (Lipinski definition) is 7. The maximum Gasteiger partial charge on any atom is 0.0700 e. The third-order valence-corrected chi connectivity index (χ3v) is 9.04. The Hall–Kier alpha value is -0.280. The first-order valence-corrected chi connectivity index (χ1v) is 16.9. The minimum atomic E-state index is 0.313. The van der Waals surface area contributed by atoms with Crippen LogP contribution in [0, 0.1) is 16.2 Å². The smallest absolute Gasteiger partial charge is 0.0700 e. The zero-order chi connectivity index (χ0) is 30.3. The molecule has 3 fully saturated rings. The van der Waals surface area contributed by atoms with Gasteiger partial charge in [0, 0.05) is 30.0 Å². The average Bonchev–Trinajstić information content (AvgIpc) is 2.93. The van der Waals surface area contributed by atoms with Crippen molar-refractivity contribution in [3.05, 3.63) is 0 Å². The molecule has 41 heavy (non-hydrogen) atoms. The first-order chi connectivity index (χ1) is 19.9. The van der Waals surface area contributed by atoms with E-state index in [1.54, 1.807) is 7.11 Å². The highest BCUT2D eigenvalue weighted by Crippen LogP contribution is 2.33. The summed E-state index contributed by atoms with van der Waals surface area (Å²) in [5, 5.41) is 0. The lowest BCUT2D eigenvalue weighted by Gasteiger charge is -2.41. The molecule has 0 saturated carbocycles. The Bertz CT molecular complexity index is 571. The molecular weight excluding hydrogens is 520 g/mol. The van der Waals surface area contributed by atoms with Gasteiger partial charge in [-0.1, -0.05) is 73.1 Å². The zero-order valence-corrected chi connectivity index (χ0v) is 28.2. The summed E-state index contributed by atoms with van der Waals surface area (Å²) in [6, 6.07) is 0. The fourth-order valence-corrected chi connectivity index (χ4v) is 4.93. The fraction of sp³-hybridized carbons (Fsp3) is 1.00. The van der Waals surface area contributed by atoms with Crippen LogP contribution in [-0.4, -0.2) is 92.5 Å². The molecule has 0 bridgehead atoms. The van der Waals surface area contributed by atoms with Crippen molar-refractivity contribution in [1.29, 1.82) is 0 Å². The monoisotopic (exact) mass is 588 g/mol. The van der Waals surface area contributed by atoms with E-state index in [0.29, 0.717) is 35.6 Å². The van der Waals surface area contributed by atoms with Crippen molar-refractivity contribution in [2.24, 2.45) is 16.2 Å². The largest absolute Gasteiger partial charge is 0.382 e. The van der Waals surface area contributed by atoms with E-state index in [9.17, 15) is 0 Å². The van der Waals surface area contributed by atoms with Gasteiger partial charge in [0.2, 0.25) is 0 Å². The first kappa shape index (κ1) is 38.7. The van der Waals surface area contributed by atoms with Gasteiger partial charge in [0.1, 0.15) is 0 Å². The zero-order valence-electron chi connectivity index (χ0n) is 28.2. The topological polar surface area (TPSA) is 64.6 Å². The van der Waals surface area contributed by atoms with Crippen LogP contribution in [0.1, 0.15) is 112 Å². The van der Waals surface area contributed by atoms with Crippen molar-refractivity contribution in [3.63, 3.8) is 0 Å². The third-order valence-electron chi connectivity index (χ3n) is 9.04. The molecule has 3 heterocycles. The summed E-state index contributed by atoms with van der Waals surface area (Å²) in [6.07, 6.45) is 14.4. The molecule has 1 atom stereocenters. The quantitative estimate of drug-likeness (QED) is 0.121. The van der Waals surface area contributed by atoms with Crippen LogP contribution in [0.5, 0.6) is 0 Å². The molecule has 3 rings (SSSR count). The molecule has 246 valence electrons. The normalized spacial score (nSPS) is 20.3. The number of unbranched alkanes of at least 4 members (excludes halogenated alkanes) is 4. The second-order valence-corrected chi connectivity index (χ2v) is 12.6. The lowest BCUT2D eigenvalue weighted by Crippen LogP contribution is -2.46. The van der Waals surface area contributed by atoms with Crippen LogP contribution in [0.2, 0.25) is 0 Å². The summed E-state index contributed by atoms with van der Waals surface area (Å²) in [6.45, 7) is 23.3. The van der Waals surface area contributed by atoms with Crippen LogP contribution in [0.3, 0.4) is 0 Å². The van der Waals surface area contributed by atoms with Crippen LogP contribution < -0.4 is 0 Å². The minimum absolute atomic E-state index is 0.313. The lowest BCUT2D eigenvalue weighted by molar-refractivity contribution is -0.161. The summed E-state index contributed by atoms with van der Waals surface area (Å²) in [5.74, 6) is 0. The number of hydrogen-bond donors (Lipinski definition) is 0. The van der Waals surface area contributed by atoms with E-state index in [1.165, 1.54) is 64.2 Å². The van der Waals surface area contributed by atoms with Gasteiger partial charge in [0.25, 0.3) is 0 Å². The first-order valence-electron chi connectivity index (χ1n) is 16.9. The fourth-order valence-electron chi connectivity index (χ4n) is 4.93. The van der Waals surface area contributed by atoms with Crippen LogP contribution in [-0.2, 0) is 33.2 Å². The number of ether oxygens (including phenoxy) is 7. The van der Waals surface area contributed by atoms with Gasteiger partial charge in [-0.15, -0.1) is 0 Å². The Morgan fingerprint density at radius 2 is 1.05 bits per heavy atom. The van der Waals surface area contributed by atoms with E-state index in [1.807, 2.05) is 6.92 Å². The van der Waals surface area contributed by atoms with Gasteiger partial charge in [-0.05, 0) is 39.0 Å². The molecule has 0 N–H and O–H groups in total. The summed E-state index contributed by atoms with van der Waals surface area (Å²) in [4.78, 5) is 0. The van der Waals surface area contributed by atoms with Crippen LogP contribution in [0.15, 0.2) is 0 Å². The van der Waals surface area contributed by atoms with Crippen molar-refractivity contribution < 1.29 is 33.2 Å². The molecule has 3 aliphatic rings. The molecule has 0 spiro atoms. The Morgan fingerprint density at radius 1 is 0.561 bits per heavy atom. The molecule has 0 aromatic rings. The maximum absolute atomic E-state index is 6.24. The van der Waals surface area contributed by atoms with Gasteiger partial charge in [-0.2, -0.15) is 0 Å². The summed E-state index contributed by atoms with van der Waals surface area (Å²) >= 11 is 0. The maximum atomic E-state index is 6.24. The van der Waals surface area contributed by atoms with E-state index in [4.69, 9.17) is 33.2 Å². The molecule has 0 amide bonds. The predicted molar refractivity (Wildman–Crippen MR) is 168 cm³/mol. The molecular formula is C34H68O7. The number of rotatable bonds is 22. The van der Waals surface area contributed by atoms with Gasteiger partial charge in [-0.3, -0.25) is 0 Å². The van der Waals surface area contributed by atoms with E-state index < -0.39 is 0 Å². The van der Waals surface area contributed by atoms with E-state index >= 15 is 0 Å². The lowest BCUT2D eigenvalue weighted by atomic mass is 9.84. The van der Waals surface area contributed by atoms with Crippen LogP contribution in [0.4, 0.5) is 0 Å². The SMILES string of the molecule is CCC1(COCCOC)COC1.CCCCCCC(CCCC)OCC1(CC)COC1.CCOCC1(CC)COC1. The molecule has 7 nitrogen and oxygen atoms in total. The summed E-state index contributed by atoms with van der Waals surface area (Å²) in [5.41, 5.74) is 1.03. The molecule has 1 unspecified atom stereocenters. The van der Waals surface area contributed by atoms with Gasteiger partial charge < -0.3 is 33.2 Å². The molecule has 0 radical (unpaired) electrons. The third kappa shape index (κ3) is 15.3. The molecule has 3 aliphatic heterocycles. The Balaban J connectivity index is 0.000000328. The van der Waals surface area contributed by atoms with E-state index in [2.05, 4.69) is 34.6 Å². The molecule has 0 aliphatic carbocycles. The minimum Gasteiger partial charge on any atom is -0.382 e. The highest BCUT2D eigenvalue weighted by molar-refractivity contribution is 4.85. The van der Waals surface area contributed by atoms with Crippen LogP contribution >= 0.6 is 0 Å². The van der Waals surface area contributed by atoms with Crippen molar-refractivity contribution in [2.75, 3.05) is 86.4 Å². The molecule has 0 aromatic carbocycles. The van der Waals surface area contributed by atoms with Gasteiger partial charge >= 0.3 is 0 Å². The van der Waals surface area contributed by atoms with E-state index in [-0.39, 0.29) is 0 Å². The summed E-state index contributed by atoms with van der Waals surface area (Å²) in [7, 11) is 1.69. The Labute approximate surface area is 254 Å². The standard InChI is InChI=1S/C17H34O2.C9H18O3.C8H16O2/c1-4-7-9-10-12-16(11-8-5-2)19-15-17(6-3)13-18-14-17;1-3-9(7-12-8-9)6-11-5-4-10-2;1-3-8(5-9-4-2)6-10-7-8/h16H,4-15H2,1-3H3;3-8H2,1-2H3;3-7H2,1-2H3. The molecule has 0 aromatic heterocycles. The highest BCUT2D eigenvalue weighted by Gasteiger charge is 2.38. The molecule has 7 heteroatoms. The average molecular weight is 589 g/mol. The van der Waals surface area contributed by atoms with E-state index in [0.717, 1.165) is 72.5 Å². The van der Waals surface area contributed by atoms with Crippen molar-refractivity contribution in [2.45, 2.75) is 118 Å². The van der Waals surface area contributed by atoms with Crippen molar-refractivity contribution in [3.8, 4) is 0 Å². The van der Waals surface area contributed by atoms with Gasteiger partial charge in [0.05, 0.1) is 78.8 Å². The number of methoxy groups -OCH3 is 1. The van der Waals surface area contributed by atoms with Crippen molar-refractivity contribution >= 4 is 0 Å². The highest BCUT2D eigenvalue weighted by atomic mass is 16.5. The second-order valence-electron chi connectivity index (χ2n) is 12.6. The van der Waals surface area contributed by atoms with Gasteiger partial charge in [0.15, 0.2) is 0 Å². The predicted octanol–water partition coefficient (Wildman–Crippen LogP) is 7.48. The second kappa shape index (κ2) is 23.1. The van der Waals surface area contributed by atoms with Crippen LogP contribution in [0.25, 0.3) is 0 Å². The Morgan fingerprint density at radius 3 is 1.46 bits per heavy atom. The Kier molecular flexibility index (Phi) is 21.9. The summed E-state index contributed by atoms with van der Waals surface area (Å²) < 4.78 is 37.6. The molecule has 3 saturated heterocycles. The van der Waals surface area contributed by atoms with Crippen molar-refractivity contribution in [1.82, 2.24) is 0 Å².